The molecule has 1 aliphatic carbocycles. The van der Waals surface area contributed by atoms with Crippen molar-refractivity contribution in [2.45, 2.75) is 42.8 Å². The number of nitrogens with one attached hydrogen (secondary N) is 1. The van der Waals surface area contributed by atoms with Crippen LogP contribution < -0.4 is 10.1 Å². The lowest BCUT2D eigenvalue weighted by atomic mass is 9.78. The summed E-state index contributed by atoms with van der Waals surface area (Å²) in [5, 5.41) is 11.0. The van der Waals surface area contributed by atoms with Crippen molar-refractivity contribution in [2.24, 2.45) is 0 Å². The number of hydrogen-bond acceptors (Lipinski definition) is 7. The van der Waals surface area contributed by atoms with E-state index in [0.29, 0.717) is 23.7 Å². The molecule has 2 fully saturated rings. The molecule has 158 valence electrons. The summed E-state index contributed by atoms with van der Waals surface area (Å²) in [6, 6.07) is 7.45. The van der Waals surface area contributed by atoms with E-state index in [1.165, 1.54) is 16.7 Å². The van der Waals surface area contributed by atoms with Crippen molar-refractivity contribution in [2.75, 3.05) is 19.4 Å². The molecule has 30 heavy (non-hydrogen) atoms. The van der Waals surface area contributed by atoms with Crippen LogP contribution in [0.3, 0.4) is 0 Å². The van der Waals surface area contributed by atoms with Crippen LogP contribution in [0.15, 0.2) is 35.7 Å². The Kier molecular flexibility index (Phi) is 5.76. The number of carbonyl (C=O) groups excluding carboxylic acids is 3. The first-order valence-electron chi connectivity index (χ1n) is 9.86. The first-order valence-corrected chi connectivity index (χ1v) is 10.8. The van der Waals surface area contributed by atoms with Crippen LogP contribution in [0.25, 0.3) is 5.69 Å². The molecule has 2 aromatic rings. The fourth-order valence-corrected chi connectivity index (χ4v) is 4.98. The molecule has 1 saturated carbocycles. The van der Waals surface area contributed by atoms with E-state index in [9.17, 15) is 14.4 Å². The summed E-state index contributed by atoms with van der Waals surface area (Å²) in [4.78, 5) is 39.2. The minimum atomic E-state index is -0.917. The molecule has 1 aliphatic heterocycles. The lowest BCUT2D eigenvalue weighted by molar-refractivity contribution is -0.158. The van der Waals surface area contributed by atoms with E-state index in [4.69, 9.17) is 4.74 Å². The van der Waals surface area contributed by atoms with Gasteiger partial charge in [-0.25, -0.2) is 0 Å². The maximum absolute atomic E-state index is 13.1. The van der Waals surface area contributed by atoms with Gasteiger partial charge in [0.2, 0.25) is 11.8 Å². The number of carbonyl (C=O) groups is 3. The smallest absolute Gasteiger partial charge is 0.252 e. The number of rotatable bonds is 5. The zero-order chi connectivity index (χ0) is 21.1. The van der Waals surface area contributed by atoms with Crippen molar-refractivity contribution in [3.8, 4) is 11.4 Å². The highest BCUT2D eigenvalue weighted by Gasteiger charge is 2.50. The van der Waals surface area contributed by atoms with E-state index in [1.807, 2.05) is 24.3 Å². The Hall–Kier alpha value is -2.88. The van der Waals surface area contributed by atoms with Gasteiger partial charge in [-0.2, -0.15) is 0 Å². The third kappa shape index (κ3) is 3.67. The molecule has 1 aromatic heterocycles. The summed E-state index contributed by atoms with van der Waals surface area (Å²) >= 11 is 1.22. The molecular weight excluding hydrogens is 406 g/mol. The maximum Gasteiger partial charge on any atom is 0.252 e. The van der Waals surface area contributed by atoms with Crippen LogP contribution in [0.4, 0.5) is 0 Å². The first-order chi connectivity index (χ1) is 14.5. The normalized spacial score (nSPS) is 18.4. The average Bonchev–Trinajstić information content (AvgIpc) is 3.24. The van der Waals surface area contributed by atoms with Crippen LogP contribution in [-0.2, 0) is 14.4 Å². The van der Waals surface area contributed by atoms with Gasteiger partial charge in [-0.3, -0.25) is 24.3 Å². The predicted octanol–water partition coefficient (Wildman–Crippen LogP) is 1.56. The molecule has 9 nitrogen and oxygen atoms in total. The molecule has 0 unspecified atom stereocenters. The number of thioether (sulfide) groups is 1. The molecule has 1 N–H and O–H groups in total. The Morgan fingerprint density at radius 3 is 2.77 bits per heavy atom. The molecule has 0 atom stereocenters. The van der Waals surface area contributed by atoms with Gasteiger partial charge in [-0.1, -0.05) is 43.2 Å². The summed E-state index contributed by atoms with van der Waals surface area (Å²) in [6.45, 7) is -0.0929. The largest absolute Gasteiger partial charge is 0.495 e. The van der Waals surface area contributed by atoms with Crippen molar-refractivity contribution in [1.29, 1.82) is 0 Å². The molecule has 2 aliphatic rings. The molecule has 10 heteroatoms. The number of nitrogens with zero attached hydrogens (tertiary/aromatic N) is 4. The quantitative estimate of drug-likeness (QED) is 0.568. The van der Waals surface area contributed by atoms with Gasteiger partial charge in [-0.15, -0.1) is 10.2 Å². The number of amides is 3. The van der Waals surface area contributed by atoms with Crippen LogP contribution in [0.5, 0.6) is 5.75 Å². The van der Waals surface area contributed by atoms with Crippen LogP contribution in [-0.4, -0.2) is 62.3 Å². The molecule has 1 saturated heterocycles. The highest BCUT2D eigenvalue weighted by atomic mass is 32.2. The van der Waals surface area contributed by atoms with Gasteiger partial charge in [0.05, 0.1) is 18.6 Å². The standard InChI is InChI=1S/C20H23N5O4S/c1-29-15-8-4-3-7-14(15)24-13-21-23-19(24)30-12-17(27)25-11-16(26)22-18(28)20(25)9-5-2-6-10-20/h3-4,7-8,13H,2,5-6,9-12H2,1H3,(H,22,26,28). The molecule has 2 heterocycles. The topological polar surface area (TPSA) is 106 Å². The number of ether oxygens (including phenoxy) is 1. The monoisotopic (exact) mass is 429 g/mol. The number of para-hydroxylation sites is 2. The highest BCUT2D eigenvalue weighted by molar-refractivity contribution is 7.99. The van der Waals surface area contributed by atoms with E-state index in [-0.39, 0.29) is 24.1 Å². The third-order valence-corrected chi connectivity index (χ3v) is 6.59. The van der Waals surface area contributed by atoms with Crippen LogP contribution in [0.1, 0.15) is 32.1 Å². The second-order valence-electron chi connectivity index (χ2n) is 7.39. The average molecular weight is 430 g/mol. The minimum Gasteiger partial charge on any atom is -0.495 e. The Bertz CT molecular complexity index is 970. The maximum atomic E-state index is 13.1. The Morgan fingerprint density at radius 1 is 1.23 bits per heavy atom. The second-order valence-corrected chi connectivity index (χ2v) is 8.34. The molecular formula is C20H23N5O4S. The lowest BCUT2D eigenvalue weighted by Crippen LogP contribution is -2.69. The number of aromatic nitrogens is 3. The van der Waals surface area contributed by atoms with Gasteiger partial charge >= 0.3 is 0 Å². The molecule has 0 radical (unpaired) electrons. The number of methoxy groups -OCH3 is 1. The summed E-state index contributed by atoms with van der Waals surface area (Å²) in [5.41, 5.74) is -0.156. The van der Waals surface area contributed by atoms with E-state index < -0.39 is 11.4 Å². The van der Waals surface area contributed by atoms with Crippen molar-refractivity contribution >= 4 is 29.5 Å². The molecule has 0 bridgehead atoms. The fraction of sp³-hybridized carbons (Fsp3) is 0.450. The highest BCUT2D eigenvalue weighted by Crippen LogP contribution is 2.36. The predicted molar refractivity (Wildman–Crippen MR) is 109 cm³/mol. The van der Waals surface area contributed by atoms with Crippen LogP contribution >= 0.6 is 11.8 Å². The third-order valence-electron chi connectivity index (χ3n) is 5.66. The van der Waals surface area contributed by atoms with Crippen molar-refractivity contribution < 1.29 is 19.1 Å². The number of hydrogen-bond donors (Lipinski definition) is 1. The minimum absolute atomic E-state index is 0.0517. The summed E-state index contributed by atoms with van der Waals surface area (Å²) in [7, 11) is 1.58. The van der Waals surface area contributed by atoms with Crippen LogP contribution in [0, 0.1) is 0 Å². The van der Waals surface area contributed by atoms with Crippen molar-refractivity contribution in [3.63, 3.8) is 0 Å². The first kappa shape index (κ1) is 20.4. The summed E-state index contributed by atoms with van der Waals surface area (Å²) in [5.74, 6) is -0.332. The van der Waals surface area contributed by atoms with E-state index in [1.54, 1.807) is 18.0 Å². The Balaban J connectivity index is 1.53. The Morgan fingerprint density at radius 2 is 2.00 bits per heavy atom. The zero-order valence-electron chi connectivity index (χ0n) is 16.7. The summed E-state index contributed by atoms with van der Waals surface area (Å²) < 4.78 is 7.15. The fourth-order valence-electron chi connectivity index (χ4n) is 4.18. The van der Waals surface area contributed by atoms with Crippen molar-refractivity contribution in [3.05, 3.63) is 30.6 Å². The van der Waals surface area contributed by atoms with Crippen LogP contribution in [0.2, 0.25) is 0 Å². The Labute approximate surface area is 178 Å². The molecule has 1 aromatic carbocycles. The lowest BCUT2D eigenvalue weighted by Gasteiger charge is -2.47. The van der Waals surface area contributed by atoms with E-state index in [0.717, 1.165) is 24.9 Å². The van der Waals surface area contributed by atoms with Gasteiger partial charge < -0.3 is 9.64 Å². The summed E-state index contributed by atoms with van der Waals surface area (Å²) in [6.07, 6.45) is 5.48. The SMILES string of the molecule is COc1ccccc1-n1cnnc1SCC(=O)N1CC(=O)NC(=O)C12CCCCC2. The molecule has 4 rings (SSSR count). The van der Waals surface area contributed by atoms with Gasteiger partial charge in [0, 0.05) is 0 Å². The van der Waals surface area contributed by atoms with Gasteiger partial charge in [0.1, 0.15) is 24.2 Å². The number of imide groups is 1. The second kappa shape index (κ2) is 8.47. The van der Waals surface area contributed by atoms with E-state index >= 15 is 0 Å². The van der Waals surface area contributed by atoms with Gasteiger partial charge in [0.15, 0.2) is 5.16 Å². The number of piperazine rings is 1. The zero-order valence-corrected chi connectivity index (χ0v) is 17.5. The van der Waals surface area contributed by atoms with E-state index in [2.05, 4.69) is 15.5 Å². The van der Waals surface area contributed by atoms with Crippen molar-refractivity contribution in [1.82, 2.24) is 25.0 Å². The number of benzene rings is 1. The van der Waals surface area contributed by atoms with Gasteiger partial charge in [0.25, 0.3) is 5.91 Å². The molecule has 3 amide bonds. The molecule has 1 spiro atoms. The van der Waals surface area contributed by atoms with Gasteiger partial charge in [-0.05, 0) is 25.0 Å².